The lowest BCUT2D eigenvalue weighted by Crippen LogP contribution is -2.46. The molecule has 1 aliphatic heterocycles. The summed E-state index contributed by atoms with van der Waals surface area (Å²) in [5.41, 5.74) is 9.30. The second kappa shape index (κ2) is 7.92. The van der Waals surface area contributed by atoms with Crippen molar-refractivity contribution in [2.45, 2.75) is 19.2 Å². The van der Waals surface area contributed by atoms with E-state index >= 15 is 0 Å². The number of benzene rings is 1. The minimum Gasteiger partial charge on any atom is -0.370 e. The molecule has 2 amide bonds. The zero-order chi connectivity index (χ0) is 21.6. The van der Waals surface area contributed by atoms with Crippen molar-refractivity contribution in [3.8, 4) is 11.3 Å². The molecular formula is C19H20Cl2N6O3. The number of carbonyl (C=O) groups excluding carboxylic acids is 2. The molecule has 1 atom stereocenters. The Balaban J connectivity index is 1.71. The maximum absolute atomic E-state index is 12.6. The second-order valence-corrected chi connectivity index (χ2v) is 7.94. The Labute approximate surface area is 181 Å². The Morgan fingerprint density at radius 3 is 2.87 bits per heavy atom. The number of carbonyl (C=O) groups is 2. The maximum Gasteiger partial charge on any atom is 0.264 e. The lowest BCUT2D eigenvalue weighted by molar-refractivity contribution is -0.136. The Bertz CT molecular complexity index is 1150. The standard InChI is InChI=1S/C19H20Cl2N6O3/c1-26-4-2-13(25-26)9-6-11(20)16(21)17-15(9)10-8-27(5-3-12(10)24-17)14(28)7-23-19(30)18(22)29/h2,4,6,18,24,29H,3,5,7-8,22H2,1H3,(H,23,30)/t18-/m0/s1. The summed E-state index contributed by atoms with van der Waals surface area (Å²) in [6.45, 7) is 0.571. The quantitative estimate of drug-likeness (QED) is 0.443. The SMILES string of the molecule is Cn1ccc(-c2cc(Cl)c(Cl)c3[nH]c4c(c23)CN(C(=O)CNC(=O)[C@@H](N)O)CC4)n1. The molecule has 2 aromatic heterocycles. The number of H-pyrrole nitrogens is 1. The molecule has 4 rings (SSSR count). The molecule has 158 valence electrons. The first-order chi connectivity index (χ1) is 14.3. The summed E-state index contributed by atoms with van der Waals surface area (Å²) in [7, 11) is 1.83. The molecule has 0 aliphatic carbocycles. The van der Waals surface area contributed by atoms with Crippen LogP contribution in [-0.4, -0.2) is 55.9 Å². The molecule has 0 saturated heterocycles. The lowest BCUT2D eigenvalue weighted by Gasteiger charge is -2.27. The van der Waals surface area contributed by atoms with Crippen LogP contribution in [0.15, 0.2) is 18.3 Å². The number of halogens is 2. The molecule has 0 saturated carbocycles. The molecule has 11 heteroatoms. The number of nitrogens with one attached hydrogen (secondary N) is 2. The van der Waals surface area contributed by atoms with Gasteiger partial charge in [-0.2, -0.15) is 5.10 Å². The van der Waals surface area contributed by atoms with Crippen molar-refractivity contribution in [2.75, 3.05) is 13.1 Å². The summed E-state index contributed by atoms with van der Waals surface area (Å²) in [4.78, 5) is 29.0. The van der Waals surface area contributed by atoms with Crippen LogP contribution in [0.25, 0.3) is 22.2 Å². The number of aromatic amines is 1. The fraction of sp³-hybridized carbons (Fsp3) is 0.316. The summed E-state index contributed by atoms with van der Waals surface area (Å²) in [6.07, 6.45) is 0.776. The van der Waals surface area contributed by atoms with Gasteiger partial charge in [0.2, 0.25) is 5.91 Å². The number of aromatic nitrogens is 3. The van der Waals surface area contributed by atoms with Gasteiger partial charge in [0.1, 0.15) is 0 Å². The topological polar surface area (TPSA) is 129 Å². The number of hydrogen-bond donors (Lipinski definition) is 4. The zero-order valence-electron chi connectivity index (χ0n) is 16.1. The normalized spacial score (nSPS) is 14.6. The van der Waals surface area contributed by atoms with Gasteiger partial charge in [-0.05, 0) is 12.1 Å². The second-order valence-electron chi connectivity index (χ2n) is 7.15. The van der Waals surface area contributed by atoms with E-state index in [4.69, 9.17) is 34.0 Å². The molecule has 0 spiro atoms. The first kappa shape index (κ1) is 20.7. The monoisotopic (exact) mass is 450 g/mol. The molecule has 3 aromatic rings. The van der Waals surface area contributed by atoms with Gasteiger partial charge in [-0.3, -0.25) is 20.0 Å². The van der Waals surface area contributed by atoms with Gasteiger partial charge in [0.15, 0.2) is 6.23 Å². The molecule has 9 nitrogen and oxygen atoms in total. The number of aryl methyl sites for hydroxylation is 1. The average Bonchev–Trinajstić information content (AvgIpc) is 3.32. The third-order valence-corrected chi connectivity index (χ3v) is 5.95. The summed E-state index contributed by atoms with van der Waals surface area (Å²) in [6, 6.07) is 3.67. The first-order valence-electron chi connectivity index (χ1n) is 9.27. The third-order valence-electron chi connectivity index (χ3n) is 5.17. The molecule has 3 heterocycles. The summed E-state index contributed by atoms with van der Waals surface area (Å²) in [5, 5.41) is 17.6. The van der Waals surface area contributed by atoms with Crippen molar-refractivity contribution in [3.05, 3.63) is 39.6 Å². The third kappa shape index (κ3) is 3.65. The van der Waals surface area contributed by atoms with Gasteiger partial charge in [-0.1, -0.05) is 23.2 Å². The molecule has 5 N–H and O–H groups in total. The Kier molecular flexibility index (Phi) is 5.46. The molecular weight excluding hydrogens is 431 g/mol. The van der Waals surface area contributed by atoms with Gasteiger partial charge >= 0.3 is 0 Å². The lowest BCUT2D eigenvalue weighted by atomic mass is 9.99. The van der Waals surface area contributed by atoms with Crippen molar-refractivity contribution >= 4 is 45.9 Å². The largest absolute Gasteiger partial charge is 0.370 e. The van der Waals surface area contributed by atoms with Gasteiger partial charge in [-0.15, -0.1) is 0 Å². The van der Waals surface area contributed by atoms with Crippen molar-refractivity contribution in [2.24, 2.45) is 12.8 Å². The zero-order valence-corrected chi connectivity index (χ0v) is 17.6. The maximum atomic E-state index is 12.6. The van der Waals surface area contributed by atoms with Crippen LogP contribution in [0.1, 0.15) is 11.3 Å². The van der Waals surface area contributed by atoms with Crippen LogP contribution in [0.3, 0.4) is 0 Å². The predicted molar refractivity (Wildman–Crippen MR) is 113 cm³/mol. The van der Waals surface area contributed by atoms with Crippen molar-refractivity contribution in [1.29, 1.82) is 0 Å². The molecule has 0 bridgehead atoms. The van der Waals surface area contributed by atoms with Gasteiger partial charge in [-0.25, -0.2) is 0 Å². The van der Waals surface area contributed by atoms with Crippen molar-refractivity contribution in [3.63, 3.8) is 0 Å². The Morgan fingerprint density at radius 2 is 2.20 bits per heavy atom. The number of fused-ring (bicyclic) bond motifs is 3. The highest BCUT2D eigenvalue weighted by molar-refractivity contribution is 6.45. The van der Waals surface area contributed by atoms with Gasteiger partial charge in [0, 0.05) is 55.0 Å². The predicted octanol–water partition coefficient (Wildman–Crippen LogP) is 1.15. The van der Waals surface area contributed by atoms with E-state index in [1.165, 1.54) is 0 Å². The smallest absolute Gasteiger partial charge is 0.264 e. The van der Waals surface area contributed by atoms with Crippen LogP contribution < -0.4 is 11.1 Å². The minimum absolute atomic E-state index is 0.246. The van der Waals surface area contributed by atoms with Crippen LogP contribution >= 0.6 is 23.2 Å². The van der Waals surface area contributed by atoms with Gasteiger partial charge in [0.05, 0.1) is 27.8 Å². The van der Waals surface area contributed by atoms with Crippen LogP contribution in [0.2, 0.25) is 10.0 Å². The van der Waals surface area contributed by atoms with Crippen LogP contribution in [0.4, 0.5) is 0 Å². The van der Waals surface area contributed by atoms with E-state index in [1.54, 1.807) is 15.6 Å². The highest BCUT2D eigenvalue weighted by atomic mass is 35.5. The fourth-order valence-corrected chi connectivity index (χ4v) is 4.09. The van der Waals surface area contributed by atoms with E-state index in [9.17, 15) is 9.59 Å². The van der Waals surface area contributed by atoms with Crippen LogP contribution in [0, 0.1) is 0 Å². The van der Waals surface area contributed by atoms with E-state index in [2.05, 4.69) is 15.4 Å². The number of nitrogens with zero attached hydrogens (tertiary/aromatic N) is 3. The number of aliphatic hydroxyl groups is 1. The summed E-state index contributed by atoms with van der Waals surface area (Å²) >= 11 is 12.8. The molecule has 30 heavy (non-hydrogen) atoms. The molecule has 0 radical (unpaired) electrons. The van der Waals surface area contributed by atoms with Gasteiger partial charge < -0.3 is 20.3 Å². The van der Waals surface area contributed by atoms with E-state index in [0.717, 1.165) is 27.9 Å². The Morgan fingerprint density at radius 1 is 1.43 bits per heavy atom. The van der Waals surface area contributed by atoms with Crippen molar-refractivity contribution < 1.29 is 14.7 Å². The van der Waals surface area contributed by atoms with E-state index in [-0.39, 0.29) is 12.5 Å². The highest BCUT2D eigenvalue weighted by Crippen LogP contribution is 2.41. The molecule has 0 fully saturated rings. The number of nitrogens with two attached hydrogens (primary N) is 1. The molecule has 1 aromatic carbocycles. The first-order valence-corrected chi connectivity index (χ1v) is 10.0. The number of aliphatic hydroxyl groups excluding tert-OH is 1. The number of rotatable bonds is 4. The van der Waals surface area contributed by atoms with E-state index < -0.39 is 12.1 Å². The summed E-state index contributed by atoms with van der Waals surface area (Å²) in [5.74, 6) is -1.07. The van der Waals surface area contributed by atoms with Gasteiger partial charge in [0.25, 0.3) is 5.91 Å². The minimum atomic E-state index is -1.66. The Hall–Kier alpha value is -2.59. The average molecular weight is 451 g/mol. The number of hydrogen-bond acceptors (Lipinski definition) is 5. The van der Waals surface area contributed by atoms with Crippen LogP contribution in [-0.2, 0) is 29.6 Å². The van der Waals surface area contributed by atoms with Crippen LogP contribution in [0.5, 0.6) is 0 Å². The van der Waals surface area contributed by atoms with E-state index in [0.29, 0.717) is 35.1 Å². The fourth-order valence-electron chi connectivity index (χ4n) is 3.69. The summed E-state index contributed by atoms with van der Waals surface area (Å²) < 4.78 is 1.70. The molecule has 1 aliphatic rings. The van der Waals surface area contributed by atoms with Crippen molar-refractivity contribution in [1.82, 2.24) is 25.0 Å². The highest BCUT2D eigenvalue weighted by Gasteiger charge is 2.28. The van der Waals surface area contributed by atoms with E-state index in [1.807, 2.05) is 19.3 Å². The molecule has 0 unspecified atom stereocenters. The number of amides is 2.